The van der Waals surface area contributed by atoms with E-state index in [1.165, 1.54) is 0 Å². The Balaban J connectivity index is 1.94. The molecule has 0 amide bonds. The highest BCUT2D eigenvalue weighted by atomic mass is 16.8. The molecule has 2 aliphatic heterocycles. The molecule has 2 rings (SSSR count). The first-order valence-corrected chi connectivity index (χ1v) is 7.40. The number of ether oxygens (including phenoxy) is 4. The highest BCUT2D eigenvalue weighted by Gasteiger charge is 2.56. The summed E-state index contributed by atoms with van der Waals surface area (Å²) in [5.74, 6) is -0.726. The van der Waals surface area contributed by atoms with E-state index in [2.05, 4.69) is 4.90 Å². The first-order valence-electron chi connectivity index (χ1n) is 7.40. The summed E-state index contributed by atoms with van der Waals surface area (Å²) in [7, 11) is 4.01. The molecule has 2 aliphatic rings. The van der Waals surface area contributed by atoms with E-state index in [1.54, 1.807) is 0 Å². The number of hydrogen-bond acceptors (Lipinski definition) is 7. The van der Waals surface area contributed by atoms with Gasteiger partial charge < -0.3 is 34.1 Å². The number of aliphatic hydroxyl groups excluding tert-OH is 2. The van der Waals surface area contributed by atoms with Gasteiger partial charge in [0.25, 0.3) is 0 Å². The Morgan fingerprint density at radius 2 is 2.00 bits per heavy atom. The van der Waals surface area contributed by atoms with Crippen LogP contribution in [0.1, 0.15) is 20.3 Å². The van der Waals surface area contributed by atoms with Crippen molar-refractivity contribution < 1.29 is 29.2 Å². The van der Waals surface area contributed by atoms with Crippen LogP contribution in [0.2, 0.25) is 0 Å². The highest BCUT2D eigenvalue weighted by Crippen LogP contribution is 2.39. The van der Waals surface area contributed by atoms with Crippen molar-refractivity contribution in [1.29, 1.82) is 0 Å². The first-order chi connectivity index (χ1) is 9.84. The van der Waals surface area contributed by atoms with Crippen LogP contribution in [-0.2, 0) is 18.9 Å². The molecule has 0 saturated carbocycles. The van der Waals surface area contributed by atoms with Crippen LogP contribution in [0.15, 0.2) is 0 Å². The summed E-state index contributed by atoms with van der Waals surface area (Å²) in [5, 5.41) is 19.0. The van der Waals surface area contributed by atoms with Crippen molar-refractivity contribution in [2.45, 2.75) is 56.8 Å². The third-order valence-corrected chi connectivity index (χ3v) is 3.65. The molecule has 0 spiro atoms. The molecule has 0 bridgehead atoms. The molecule has 21 heavy (non-hydrogen) atoms. The van der Waals surface area contributed by atoms with E-state index in [1.807, 2.05) is 27.9 Å². The van der Waals surface area contributed by atoms with Crippen molar-refractivity contribution in [1.82, 2.24) is 4.90 Å². The van der Waals surface area contributed by atoms with Gasteiger partial charge in [-0.3, -0.25) is 0 Å². The van der Waals surface area contributed by atoms with Gasteiger partial charge in [-0.1, -0.05) is 0 Å². The SMILES string of the molecule is CN(C)CCCO[C@H]1C([C@H](O)CO)O[C@@H]2OC(C)(C)O[C@@H]21. The lowest BCUT2D eigenvalue weighted by molar-refractivity contribution is -0.231. The molecule has 7 heteroatoms. The predicted molar refractivity (Wildman–Crippen MR) is 74.7 cm³/mol. The van der Waals surface area contributed by atoms with E-state index >= 15 is 0 Å². The monoisotopic (exact) mass is 305 g/mol. The molecule has 2 N–H and O–H groups in total. The average molecular weight is 305 g/mol. The molecule has 1 unspecified atom stereocenters. The van der Waals surface area contributed by atoms with Crippen LogP contribution in [0.4, 0.5) is 0 Å². The van der Waals surface area contributed by atoms with Crippen LogP contribution < -0.4 is 0 Å². The molecule has 0 aromatic heterocycles. The molecule has 7 nitrogen and oxygen atoms in total. The van der Waals surface area contributed by atoms with Crippen molar-refractivity contribution in [3.05, 3.63) is 0 Å². The Labute approximate surface area is 125 Å². The van der Waals surface area contributed by atoms with E-state index < -0.39 is 30.4 Å². The number of nitrogens with zero attached hydrogens (tertiary/aromatic N) is 1. The Hall–Kier alpha value is -0.280. The predicted octanol–water partition coefficient (Wildman–Crippen LogP) is -0.447. The van der Waals surface area contributed by atoms with Crippen LogP contribution >= 0.6 is 0 Å². The quantitative estimate of drug-likeness (QED) is 0.617. The second-order valence-corrected chi connectivity index (χ2v) is 6.31. The maximum atomic E-state index is 9.88. The van der Waals surface area contributed by atoms with E-state index in [0.29, 0.717) is 6.61 Å². The molecule has 2 fully saturated rings. The minimum Gasteiger partial charge on any atom is -0.394 e. The van der Waals surface area contributed by atoms with Gasteiger partial charge in [-0.05, 0) is 40.9 Å². The number of fused-ring (bicyclic) bond motifs is 1. The fourth-order valence-corrected chi connectivity index (χ4v) is 2.71. The van der Waals surface area contributed by atoms with Crippen LogP contribution in [0, 0.1) is 0 Å². The summed E-state index contributed by atoms with van der Waals surface area (Å²) in [6.45, 7) is 4.70. The zero-order valence-corrected chi connectivity index (χ0v) is 13.2. The second-order valence-electron chi connectivity index (χ2n) is 6.31. The molecule has 2 saturated heterocycles. The fourth-order valence-electron chi connectivity index (χ4n) is 2.71. The van der Waals surface area contributed by atoms with Gasteiger partial charge in [0.2, 0.25) is 0 Å². The van der Waals surface area contributed by atoms with Gasteiger partial charge in [0.05, 0.1) is 6.61 Å². The van der Waals surface area contributed by atoms with Crippen LogP contribution in [0.3, 0.4) is 0 Å². The van der Waals surface area contributed by atoms with Gasteiger partial charge >= 0.3 is 0 Å². The summed E-state index contributed by atoms with van der Waals surface area (Å²) in [6.07, 6.45) is -2.17. The standard InChI is InChI=1S/C14H27NO6/c1-14(2)20-12-11(18-7-5-6-15(3)4)10(9(17)8-16)19-13(12)21-14/h9-13,16-17H,5-8H2,1-4H3/t9-,10?,11+,12-,13-/m1/s1. The van der Waals surface area contributed by atoms with Gasteiger partial charge in [0, 0.05) is 6.61 Å². The van der Waals surface area contributed by atoms with Crippen LogP contribution in [0.25, 0.3) is 0 Å². The van der Waals surface area contributed by atoms with E-state index in [9.17, 15) is 5.11 Å². The zero-order valence-electron chi connectivity index (χ0n) is 13.2. The van der Waals surface area contributed by atoms with Crippen LogP contribution in [-0.4, -0.2) is 85.5 Å². The topological polar surface area (TPSA) is 80.6 Å². The van der Waals surface area contributed by atoms with Crippen molar-refractivity contribution in [3.63, 3.8) is 0 Å². The molecule has 2 heterocycles. The normalized spacial score (nSPS) is 36.1. The lowest BCUT2D eigenvalue weighted by atomic mass is 10.1. The summed E-state index contributed by atoms with van der Waals surface area (Å²) in [6, 6.07) is 0. The fraction of sp³-hybridized carbons (Fsp3) is 1.00. The maximum Gasteiger partial charge on any atom is 0.190 e. The maximum absolute atomic E-state index is 9.88. The van der Waals surface area contributed by atoms with Crippen molar-refractivity contribution in [3.8, 4) is 0 Å². The van der Waals surface area contributed by atoms with Gasteiger partial charge in [0.15, 0.2) is 12.1 Å². The smallest absolute Gasteiger partial charge is 0.190 e. The number of rotatable bonds is 7. The molecular weight excluding hydrogens is 278 g/mol. The van der Waals surface area contributed by atoms with Crippen LogP contribution in [0.5, 0.6) is 0 Å². The summed E-state index contributed by atoms with van der Waals surface area (Å²) in [5.41, 5.74) is 0. The number of aliphatic hydroxyl groups is 2. The minimum absolute atomic E-state index is 0.384. The zero-order chi connectivity index (χ0) is 15.6. The average Bonchev–Trinajstić information content (AvgIpc) is 2.86. The second kappa shape index (κ2) is 6.87. The molecule has 5 atom stereocenters. The largest absolute Gasteiger partial charge is 0.394 e. The molecule has 0 aromatic carbocycles. The van der Waals surface area contributed by atoms with Crippen molar-refractivity contribution in [2.75, 3.05) is 33.9 Å². The molecule has 0 radical (unpaired) electrons. The van der Waals surface area contributed by atoms with Crippen molar-refractivity contribution >= 4 is 0 Å². The van der Waals surface area contributed by atoms with Gasteiger partial charge in [-0.2, -0.15) is 0 Å². The first kappa shape index (κ1) is 17.1. The Morgan fingerprint density at radius 1 is 1.29 bits per heavy atom. The summed E-state index contributed by atoms with van der Waals surface area (Å²) < 4.78 is 23.0. The molecule has 124 valence electrons. The van der Waals surface area contributed by atoms with E-state index in [-0.39, 0.29) is 12.7 Å². The third kappa shape index (κ3) is 4.13. The highest BCUT2D eigenvalue weighted by molar-refractivity contribution is 4.96. The molecule has 0 aliphatic carbocycles. The van der Waals surface area contributed by atoms with E-state index in [0.717, 1.165) is 13.0 Å². The lowest BCUT2D eigenvalue weighted by Gasteiger charge is -2.28. The van der Waals surface area contributed by atoms with Gasteiger partial charge in [-0.25, -0.2) is 0 Å². The molecular formula is C14H27NO6. The van der Waals surface area contributed by atoms with Gasteiger partial charge in [-0.15, -0.1) is 0 Å². The minimum atomic E-state index is -1.01. The van der Waals surface area contributed by atoms with E-state index in [4.69, 9.17) is 24.1 Å². The summed E-state index contributed by atoms with van der Waals surface area (Å²) in [4.78, 5) is 2.08. The van der Waals surface area contributed by atoms with Gasteiger partial charge in [0.1, 0.15) is 24.4 Å². The third-order valence-electron chi connectivity index (χ3n) is 3.65. The number of hydrogen-bond donors (Lipinski definition) is 2. The Kier molecular flexibility index (Phi) is 5.59. The lowest BCUT2D eigenvalue weighted by Crippen LogP contribution is -2.44. The van der Waals surface area contributed by atoms with Crippen molar-refractivity contribution in [2.24, 2.45) is 0 Å². The Bertz CT molecular complexity index is 337. The Morgan fingerprint density at radius 3 is 2.62 bits per heavy atom. The summed E-state index contributed by atoms with van der Waals surface area (Å²) >= 11 is 0. The molecule has 0 aromatic rings.